The van der Waals surface area contributed by atoms with E-state index in [2.05, 4.69) is 15.9 Å². The Hall–Kier alpha value is -0.110. The van der Waals surface area contributed by atoms with Crippen molar-refractivity contribution in [2.75, 3.05) is 0 Å². The maximum absolute atomic E-state index is 10.7. The zero-order valence-electron chi connectivity index (χ0n) is 4.43. The van der Waals surface area contributed by atoms with Gasteiger partial charge in [-0.05, 0) is 6.42 Å². The zero-order valence-corrected chi connectivity index (χ0v) is 6.02. The summed E-state index contributed by atoms with van der Waals surface area (Å²) in [4.78, 5) is 10.7. The van der Waals surface area contributed by atoms with Gasteiger partial charge < -0.3 is 0 Å². The van der Waals surface area contributed by atoms with Gasteiger partial charge in [-0.15, -0.1) is 0 Å². The molecule has 0 aromatic rings. The number of allylic oxidation sites excluding steroid dienone is 2. The number of alkyl halides is 1. The second kappa shape index (κ2) is 2.44. The monoisotopic (exact) mass is 174 g/mol. The van der Waals surface area contributed by atoms with E-state index in [1.807, 2.05) is 12.2 Å². The van der Waals surface area contributed by atoms with Gasteiger partial charge in [0.15, 0.2) is 5.78 Å². The molecule has 0 fully saturated rings. The summed E-state index contributed by atoms with van der Waals surface area (Å²) in [5, 5.41) is 0. The van der Waals surface area contributed by atoms with Gasteiger partial charge in [0.05, 0.1) is 4.83 Å². The van der Waals surface area contributed by atoms with Gasteiger partial charge in [0.2, 0.25) is 0 Å². The quantitative estimate of drug-likeness (QED) is 0.404. The summed E-state index contributed by atoms with van der Waals surface area (Å²) in [5.41, 5.74) is 0. The molecule has 8 heavy (non-hydrogen) atoms. The number of carbonyl (C=O) groups is 1. The highest BCUT2D eigenvalue weighted by Crippen LogP contribution is 2.12. The molecule has 0 heterocycles. The third-order valence-electron chi connectivity index (χ3n) is 1.17. The molecule has 1 nitrogen and oxygen atoms in total. The van der Waals surface area contributed by atoms with E-state index in [4.69, 9.17) is 0 Å². The van der Waals surface area contributed by atoms with Gasteiger partial charge in [-0.1, -0.05) is 28.1 Å². The largest absolute Gasteiger partial charge is 0.298 e. The Morgan fingerprint density at radius 2 is 2.50 bits per heavy atom. The van der Waals surface area contributed by atoms with Gasteiger partial charge in [-0.3, -0.25) is 4.79 Å². The topological polar surface area (TPSA) is 17.1 Å². The van der Waals surface area contributed by atoms with E-state index >= 15 is 0 Å². The molecule has 1 aliphatic carbocycles. The normalized spacial score (nSPS) is 28.6. The second-order valence-corrected chi connectivity index (χ2v) is 2.82. The minimum Gasteiger partial charge on any atom is -0.298 e. The molecule has 1 atom stereocenters. The van der Waals surface area contributed by atoms with Crippen LogP contribution in [0, 0.1) is 0 Å². The van der Waals surface area contributed by atoms with Crippen molar-refractivity contribution in [2.24, 2.45) is 0 Å². The number of rotatable bonds is 0. The fourth-order valence-corrected chi connectivity index (χ4v) is 1.13. The summed E-state index contributed by atoms with van der Waals surface area (Å²) in [6.07, 6.45) is 5.54. The average Bonchev–Trinajstić information content (AvgIpc) is 1.77. The lowest BCUT2D eigenvalue weighted by molar-refractivity contribution is -0.117. The maximum Gasteiger partial charge on any atom is 0.150 e. The van der Waals surface area contributed by atoms with E-state index in [1.165, 1.54) is 0 Å². The molecule has 0 saturated heterocycles. The van der Waals surface area contributed by atoms with Crippen molar-refractivity contribution in [1.82, 2.24) is 0 Å². The molecule has 1 unspecified atom stereocenters. The Labute approximate surface area is 56.9 Å². The molecular formula is C6H7BrO. The first-order valence-electron chi connectivity index (χ1n) is 2.64. The molecule has 0 radical (unpaired) electrons. The Morgan fingerprint density at radius 1 is 1.75 bits per heavy atom. The molecule has 44 valence electrons. The van der Waals surface area contributed by atoms with Crippen LogP contribution in [0.3, 0.4) is 0 Å². The van der Waals surface area contributed by atoms with E-state index < -0.39 is 0 Å². The van der Waals surface area contributed by atoms with Crippen molar-refractivity contribution >= 4 is 21.7 Å². The summed E-state index contributed by atoms with van der Waals surface area (Å²) in [6.45, 7) is 0. The minimum atomic E-state index is -0.00347. The summed E-state index contributed by atoms with van der Waals surface area (Å²) in [6, 6.07) is 0. The highest BCUT2D eigenvalue weighted by molar-refractivity contribution is 9.10. The Kier molecular flexibility index (Phi) is 1.84. The Balaban J connectivity index is 2.60. The molecule has 1 aliphatic rings. The maximum atomic E-state index is 10.7. The van der Waals surface area contributed by atoms with E-state index in [0.717, 1.165) is 6.42 Å². The lowest BCUT2D eigenvalue weighted by Gasteiger charge is -2.05. The lowest BCUT2D eigenvalue weighted by Crippen LogP contribution is -2.13. The van der Waals surface area contributed by atoms with E-state index in [1.54, 1.807) is 0 Å². The van der Waals surface area contributed by atoms with Crippen LogP contribution in [0.15, 0.2) is 12.2 Å². The van der Waals surface area contributed by atoms with Crippen LogP contribution in [0.2, 0.25) is 0 Å². The van der Waals surface area contributed by atoms with Crippen molar-refractivity contribution in [3.63, 3.8) is 0 Å². The summed E-state index contributed by atoms with van der Waals surface area (Å²) >= 11 is 3.22. The van der Waals surface area contributed by atoms with Crippen LogP contribution in [-0.4, -0.2) is 10.6 Å². The van der Waals surface area contributed by atoms with Crippen molar-refractivity contribution in [1.29, 1.82) is 0 Å². The highest BCUT2D eigenvalue weighted by Gasteiger charge is 2.12. The van der Waals surface area contributed by atoms with Gasteiger partial charge in [-0.25, -0.2) is 0 Å². The predicted molar refractivity (Wildman–Crippen MR) is 36.1 cm³/mol. The van der Waals surface area contributed by atoms with Gasteiger partial charge in [0, 0.05) is 6.42 Å². The third kappa shape index (κ3) is 1.19. The number of Topliss-reactive ketones (excluding diaryl/α,β-unsaturated/α-hetero) is 1. The van der Waals surface area contributed by atoms with Crippen LogP contribution in [0.4, 0.5) is 0 Å². The van der Waals surface area contributed by atoms with Gasteiger partial charge in [0.25, 0.3) is 0 Å². The van der Waals surface area contributed by atoms with Crippen LogP contribution in [-0.2, 0) is 4.79 Å². The smallest absolute Gasteiger partial charge is 0.150 e. The molecule has 2 heteroatoms. The molecule has 0 bridgehead atoms. The van der Waals surface area contributed by atoms with Crippen LogP contribution >= 0.6 is 15.9 Å². The number of hydrogen-bond donors (Lipinski definition) is 0. The molecule has 0 spiro atoms. The molecule has 0 aliphatic heterocycles. The predicted octanol–water partition coefficient (Wildman–Crippen LogP) is 1.67. The molecular weight excluding hydrogens is 168 g/mol. The molecule has 0 aromatic carbocycles. The molecule has 1 rings (SSSR count). The molecule has 0 N–H and O–H groups in total. The highest BCUT2D eigenvalue weighted by atomic mass is 79.9. The second-order valence-electron chi connectivity index (χ2n) is 1.83. The van der Waals surface area contributed by atoms with Crippen molar-refractivity contribution in [2.45, 2.75) is 17.7 Å². The first-order valence-corrected chi connectivity index (χ1v) is 3.56. The summed E-state index contributed by atoms with van der Waals surface area (Å²) in [5.74, 6) is 0.299. The van der Waals surface area contributed by atoms with Crippen molar-refractivity contribution in [3.05, 3.63) is 12.2 Å². The summed E-state index contributed by atoms with van der Waals surface area (Å²) < 4.78 is 0. The molecule has 0 aromatic heterocycles. The molecule has 0 saturated carbocycles. The van der Waals surface area contributed by atoms with Crippen LogP contribution in [0.1, 0.15) is 12.8 Å². The van der Waals surface area contributed by atoms with Crippen LogP contribution < -0.4 is 0 Å². The summed E-state index contributed by atoms with van der Waals surface area (Å²) in [7, 11) is 0. The van der Waals surface area contributed by atoms with Gasteiger partial charge in [-0.2, -0.15) is 0 Å². The first-order chi connectivity index (χ1) is 3.80. The van der Waals surface area contributed by atoms with Gasteiger partial charge >= 0.3 is 0 Å². The fourth-order valence-electron chi connectivity index (χ4n) is 0.687. The third-order valence-corrected chi connectivity index (χ3v) is 1.99. The van der Waals surface area contributed by atoms with E-state index in [-0.39, 0.29) is 4.83 Å². The lowest BCUT2D eigenvalue weighted by atomic mass is 10.1. The van der Waals surface area contributed by atoms with Crippen LogP contribution in [0.25, 0.3) is 0 Å². The fraction of sp³-hybridized carbons (Fsp3) is 0.500. The first kappa shape index (κ1) is 6.02. The van der Waals surface area contributed by atoms with Crippen molar-refractivity contribution in [3.8, 4) is 0 Å². The van der Waals surface area contributed by atoms with E-state index in [9.17, 15) is 4.79 Å². The standard InChI is InChI=1S/C6H7BrO/c7-5-3-1-2-4-6(5)8/h1,3,5H,2,4H2. The minimum absolute atomic E-state index is 0.00347. The number of hydrogen-bond acceptors (Lipinski definition) is 1. The number of ketones is 1. The number of halogens is 1. The molecule has 0 amide bonds. The SMILES string of the molecule is O=C1CCC=CC1Br. The zero-order chi connectivity index (χ0) is 5.98. The van der Waals surface area contributed by atoms with Crippen molar-refractivity contribution < 1.29 is 4.79 Å². The number of carbonyl (C=O) groups excluding carboxylic acids is 1. The van der Waals surface area contributed by atoms with E-state index in [0.29, 0.717) is 12.2 Å². The average molecular weight is 175 g/mol. The van der Waals surface area contributed by atoms with Gasteiger partial charge in [0.1, 0.15) is 0 Å². The van der Waals surface area contributed by atoms with Crippen LogP contribution in [0.5, 0.6) is 0 Å². The Morgan fingerprint density at radius 3 is 2.88 bits per heavy atom. The Bertz CT molecular complexity index is 128.